The lowest BCUT2D eigenvalue weighted by Gasteiger charge is -2.26. The van der Waals surface area contributed by atoms with Gasteiger partial charge in [0.15, 0.2) is 0 Å². The Bertz CT molecular complexity index is 1050. The Hall–Kier alpha value is -3.21. The second-order valence-corrected chi connectivity index (χ2v) is 8.32. The van der Waals surface area contributed by atoms with Crippen LogP contribution in [0.3, 0.4) is 0 Å². The first kappa shape index (κ1) is 21.0. The van der Waals surface area contributed by atoms with Crippen molar-refractivity contribution in [3.63, 3.8) is 0 Å². The molecule has 0 N–H and O–H groups in total. The van der Waals surface area contributed by atoms with Crippen LogP contribution in [0.2, 0.25) is 0 Å². The van der Waals surface area contributed by atoms with E-state index in [4.69, 9.17) is 4.98 Å². The van der Waals surface area contributed by atoms with Crippen molar-refractivity contribution in [1.82, 2.24) is 14.9 Å². The van der Waals surface area contributed by atoms with Crippen LogP contribution >= 0.6 is 0 Å². The van der Waals surface area contributed by atoms with Gasteiger partial charge in [-0.1, -0.05) is 48.0 Å². The van der Waals surface area contributed by atoms with Crippen LogP contribution in [0, 0.1) is 20.8 Å². The number of carbonyl (C=O) groups is 1. The van der Waals surface area contributed by atoms with Crippen molar-refractivity contribution in [1.29, 1.82) is 0 Å². The molecule has 4 rings (SSSR count). The van der Waals surface area contributed by atoms with E-state index >= 15 is 0 Å². The minimum atomic E-state index is 0.109. The number of aryl methyl sites for hydroxylation is 3. The largest absolute Gasteiger partial charge is 0.354 e. The molecule has 1 aliphatic rings. The fraction of sp³-hybridized carbons (Fsp3) is 0.346. The van der Waals surface area contributed by atoms with Gasteiger partial charge in [0, 0.05) is 49.4 Å². The Morgan fingerprint density at radius 2 is 1.61 bits per heavy atom. The standard InChI is InChI=1S/C26H30N4O/c1-19-10-12-22(13-11-19)18-24-20(2)27-21(3)28-25(24)29-14-7-15-30(17-16-29)26(31)23-8-5-4-6-9-23/h4-6,8-13H,7,14-18H2,1-3H3. The summed E-state index contributed by atoms with van der Waals surface area (Å²) in [5.74, 6) is 1.92. The highest BCUT2D eigenvalue weighted by atomic mass is 16.2. The summed E-state index contributed by atoms with van der Waals surface area (Å²) in [5, 5.41) is 0. The number of anilines is 1. The Morgan fingerprint density at radius 3 is 2.35 bits per heavy atom. The van der Waals surface area contributed by atoms with E-state index in [1.807, 2.05) is 42.2 Å². The van der Waals surface area contributed by atoms with Gasteiger partial charge in [-0.15, -0.1) is 0 Å². The van der Waals surface area contributed by atoms with Gasteiger partial charge in [-0.25, -0.2) is 9.97 Å². The summed E-state index contributed by atoms with van der Waals surface area (Å²) in [4.78, 5) is 26.7. The topological polar surface area (TPSA) is 49.3 Å². The number of amides is 1. The maximum Gasteiger partial charge on any atom is 0.253 e. The number of hydrogen-bond donors (Lipinski definition) is 0. The third-order valence-electron chi connectivity index (χ3n) is 5.91. The van der Waals surface area contributed by atoms with Crippen LogP contribution in [0.25, 0.3) is 0 Å². The molecule has 3 aromatic rings. The van der Waals surface area contributed by atoms with Gasteiger partial charge in [-0.2, -0.15) is 0 Å². The maximum absolute atomic E-state index is 12.9. The summed E-state index contributed by atoms with van der Waals surface area (Å²) >= 11 is 0. The van der Waals surface area contributed by atoms with Crippen LogP contribution in [-0.4, -0.2) is 47.0 Å². The van der Waals surface area contributed by atoms with Crippen LogP contribution in [0.5, 0.6) is 0 Å². The minimum absolute atomic E-state index is 0.109. The SMILES string of the molecule is Cc1ccc(Cc2c(C)nc(C)nc2N2CCCN(C(=O)c3ccccc3)CC2)cc1. The fourth-order valence-electron chi connectivity index (χ4n) is 4.19. The normalized spacial score (nSPS) is 14.4. The first-order valence-electron chi connectivity index (χ1n) is 11.0. The van der Waals surface area contributed by atoms with E-state index in [0.717, 1.165) is 55.4 Å². The predicted octanol–water partition coefficient (Wildman–Crippen LogP) is 4.35. The number of rotatable bonds is 4. The van der Waals surface area contributed by atoms with Gasteiger partial charge in [0.25, 0.3) is 5.91 Å². The average Bonchev–Trinajstić information content (AvgIpc) is 3.03. The van der Waals surface area contributed by atoms with Gasteiger partial charge in [-0.05, 0) is 44.9 Å². The number of benzene rings is 2. The Kier molecular flexibility index (Phi) is 6.31. The van der Waals surface area contributed by atoms with Crippen molar-refractivity contribution in [2.75, 3.05) is 31.1 Å². The lowest BCUT2D eigenvalue weighted by molar-refractivity contribution is 0.0767. The van der Waals surface area contributed by atoms with E-state index in [-0.39, 0.29) is 5.91 Å². The van der Waals surface area contributed by atoms with Crippen LogP contribution in [0.15, 0.2) is 54.6 Å². The number of aromatic nitrogens is 2. The van der Waals surface area contributed by atoms with Crippen molar-refractivity contribution in [2.45, 2.75) is 33.6 Å². The van der Waals surface area contributed by atoms with Gasteiger partial charge < -0.3 is 9.80 Å². The minimum Gasteiger partial charge on any atom is -0.354 e. The highest BCUT2D eigenvalue weighted by Gasteiger charge is 2.23. The van der Waals surface area contributed by atoms with E-state index in [1.54, 1.807) is 0 Å². The highest BCUT2D eigenvalue weighted by molar-refractivity contribution is 5.94. The van der Waals surface area contributed by atoms with Crippen molar-refractivity contribution in [3.05, 3.63) is 88.4 Å². The molecular weight excluding hydrogens is 384 g/mol. The zero-order chi connectivity index (χ0) is 21.8. The molecule has 0 spiro atoms. The lowest BCUT2D eigenvalue weighted by Crippen LogP contribution is -2.35. The molecule has 1 saturated heterocycles. The Morgan fingerprint density at radius 1 is 0.871 bits per heavy atom. The van der Waals surface area contributed by atoms with E-state index in [9.17, 15) is 4.79 Å². The van der Waals surface area contributed by atoms with Crippen LogP contribution in [0.1, 0.15) is 45.0 Å². The summed E-state index contributed by atoms with van der Waals surface area (Å²) in [7, 11) is 0. The van der Waals surface area contributed by atoms with Crippen LogP contribution < -0.4 is 4.90 Å². The molecule has 0 atom stereocenters. The summed E-state index contributed by atoms with van der Waals surface area (Å²) in [6.07, 6.45) is 1.73. The monoisotopic (exact) mass is 414 g/mol. The average molecular weight is 415 g/mol. The van der Waals surface area contributed by atoms with Crippen LogP contribution in [-0.2, 0) is 6.42 Å². The second-order valence-electron chi connectivity index (χ2n) is 8.32. The van der Waals surface area contributed by atoms with E-state index in [0.29, 0.717) is 6.54 Å². The molecule has 1 aromatic heterocycles. The molecule has 0 aliphatic carbocycles. The van der Waals surface area contributed by atoms with E-state index in [2.05, 4.69) is 48.0 Å². The van der Waals surface area contributed by atoms with Crippen molar-refractivity contribution in [3.8, 4) is 0 Å². The molecule has 1 aliphatic heterocycles. The molecule has 5 heteroatoms. The molecule has 5 nitrogen and oxygen atoms in total. The molecule has 160 valence electrons. The smallest absolute Gasteiger partial charge is 0.253 e. The molecule has 0 radical (unpaired) electrons. The first-order valence-corrected chi connectivity index (χ1v) is 11.0. The molecule has 1 fully saturated rings. The lowest BCUT2D eigenvalue weighted by atomic mass is 10.0. The first-order chi connectivity index (χ1) is 15.0. The number of hydrogen-bond acceptors (Lipinski definition) is 4. The van der Waals surface area contributed by atoms with E-state index < -0.39 is 0 Å². The second kappa shape index (κ2) is 9.29. The summed E-state index contributed by atoms with van der Waals surface area (Å²) in [6.45, 7) is 9.25. The molecule has 0 bridgehead atoms. The third-order valence-corrected chi connectivity index (χ3v) is 5.91. The highest BCUT2D eigenvalue weighted by Crippen LogP contribution is 2.25. The van der Waals surface area contributed by atoms with Gasteiger partial charge in [0.05, 0.1) is 0 Å². The number of nitrogens with zero attached hydrogens (tertiary/aromatic N) is 4. The zero-order valence-electron chi connectivity index (χ0n) is 18.6. The van der Waals surface area contributed by atoms with Gasteiger partial charge in [0.2, 0.25) is 0 Å². The molecule has 0 unspecified atom stereocenters. The Balaban J connectivity index is 1.56. The molecule has 2 heterocycles. The van der Waals surface area contributed by atoms with Crippen molar-refractivity contribution >= 4 is 11.7 Å². The van der Waals surface area contributed by atoms with Crippen molar-refractivity contribution in [2.24, 2.45) is 0 Å². The zero-order valence-corrected chi connectivity index (χ0v) is 18.6. The molecule has 31 heavy (non-hydrogen) atoms. The fourth-order valence-corrected chi connectivity index (χ4v) is 4.19. The molecule has 1 amide bonds. The van der Waals surface area contributed by atoms with Gasteiger partial charge in [0.1, 0.15) is 11.6 Å². The summed E-state index contributed by atoms with van der Waals surface area (Å²) < 4.78 is 0. The predicted molar refractivity (Wildman–Crippen MR) is 125 cm³/mol. The molecular formula is C26H30N4O. The Labute approximate surface area is 184 Å². The van der Waals surface area contributed by atoms with Gasteiger partial charge >= 0.3 is 0 Å². The summed E-state index contributed by atoms with van der Waals surface area (Å²) in [6, 6.07) is 18.2. The quantitative estimate of drug-likeness (QED) is 0.637. The van der Waals surface area contributed by atoms with Crippen LogP contribution in [0.4, 0.5) is 5.82 Å². The maximum atomic E-state index is 12.9. The van der Waals surface area contributed by atoms with Gasteiger partial charge in [-0.3, -0.25) is 4.79 Å². The number of carbonyl (C=O) groups excluding carboxylic acids is 1. The van der Waals surface area contributed by atoms with Crippen molar-refractivity contribution < 1.29 is 4.79 Å². The third kappa shape index (κ3) is 4.93. The summed E-state index contributed by atoms with van der Waals surface area (Å²) in [5.41, 5.74) is 5.49. The molecule has 0 saturated carbocycles. The molecule has 2 aromatic carbocycles. The van der Waals surface area contributed by atoms with E-state index in [1.165, 1.54) is 16.7 Å².